The van der Waals surface area contributed by atoms with E-state index in [1.165, 1.54) is 0 Å². The van der Waals surface area contributed by atoms with E-state index >= 15 is 0 Å². The van der Waals surface area contributed by atoms with Crippen molar-refractivity contribution in [3.63, 3.8) is 0 Å². The van der Waals surface area contributed by atoms with E-state index in [1.807, 2.05) is 38.1 Å². The second kappa shape index (κ2) is 9.73. The van der Waals surface area contributed by atoms with Gasteiger partial charge in [0.15, 0.2) is 9.84 Å². The van der Waals surface area contributed by atoms with Gasteiger partial charge in [-0.3, -0.25) is 0 Å². The Balaban J connectivity index is 2.31. The van der Waals surface area contributed by atoms with Crippen molar-refractivity contribution in [2.45, 2.75) is 56.4 Å². The number of nitrogens with zero attached hydrogens (tertiary/aromatic N) is 1. The number of nitrogens with one attached hydrogen (secondary N) is 1. The number of anilines is 2. The van der Waals surface area contributed by atoms with Crippen LogP contribution in [-0.2, 0) is 9.84 Å². The lowest BCUT2D eigenvalue weighted by Crippen LogP contribution is -2.42. The van der Waals surface area contributed by atoms with Crippen LogP contribution in [-0.4, -0.2) is 45.5 Å². The highest BCUT2D eigenvalue weighted by Gasteiger charge is 2.49. The Bertz CT molecular complexity index is 1120. The number of fused-ring (bicyclic) bond motifs is 1. The molecule has 3 rings (SSSR count). The van der Waals surface area contributed by atoms with Gasteiger partial charge >= 0.3 is 6.03 Å². The van der Waals surface area contributed by atoms with Crippen LogP contribution in [0.25, 0.3) is 0 Å². The molecule has 1 heterocycles. The van der Waals surface area contributed by atoms with Gasteiger partial charge in [0, 0.05) is 36.8 Å². The first-order valence-electron chi connectivity index (χ1n) is 11.4. The van der Waals surface area contributed by atoms with Crippen LogP contribution in [0.15, 0.2) is 47.4 Å². The Morgan fingerprint density at radius 1 is 1.21 bits per heavy atom. The molecule has 0 fully saturated rings. The number of primary amides is 1. The first kappa shape index (κ1) is 25.1. The van der Waals surface area contributed by atoms with E-state index in [2.05, 4.69) is 12.2 Å². The van der Waals surface area contributed by atoms with Gasteiger partial charge in [0.1, 0.15) is 0 Å². The molecule has 0 spiro atoms. The van der Waals surface area contributed by atoms with Crippen LogP contribution in [0.2, 0.25) is 0 Å². The number of unbranched alkanes of at least 4 members (excludes halogenated alkanes) is 1. The fraction of sp³-hybridized carbons (Fsp3) is 0.480. The molecule has 1 aliphatic heterocycles. The Hall–Kier alpha value is -2.58. The van der Waals surface area contributed by atoms with E-state index in [-0.39, 0.29) is 10.6 Å². The summed E-state index contributed by atoms with van der Waals surface area (Å²) in [6.07, 6.45) is 1.97. The highest BCUT2D eigenvalue weighted by molar-refractivity contribution is 7.91. The van der Waals surface area contributed by atoms with Gasteiger partial charge in [0.05, 0.1) is 16.8 Å². The lowest BCUT2D eigenvalue weighted by atomic mass is 9.69. The minimum Gasteiger partial charge on any atom is -0.392 e. The van der Waals surface area contributed by atoms with Crippen molar-refractivity contribution in [3.05, 3.63) is 53.6 Å². The standard InChI is InChI=1S/C25H35N3O4S/c1-5-7-13-25(6-2)16-33(31,32)21-12-11-19(28(3)4)15-20(21)22(23(25)29)17-9-8-10-18(14-17)27-24(26)30/h8-12,14-15,22-23,29H,5-7,13,16H2,1-4H3,(H3,26,27,30). The maximum absolute atomic E-state index is 13.6. The van der Waals surface area contributed by atoms with Crippen molar-refractivity contribution in [2.24, 2.45) is 11.1 Å². The molecule has 4 N–H and O–H groups in total. The summed E-state index contributed by atoms with van der Waals surface area (Å²) in [4.78, 5) is 13.6. The number of aliphatic hydroxyl groups is 1. The predicted octanol–water partition coefficient (Wildman–Crippen LogP) is 4.11. The van der Waals surface area contributed by atoms with Crippen LogP contribution in [0.4, 0.5) is 16.2 Å². The van der Waals surface area contributed by atoms with Crippen LogP contribution in [0, 0.1) is 5.41 Å². The normalized spacial score (nSPS) is 23.9. The number of benzene rings is 2. The molecule has 2 aromatic rings. The molecule has 180 valence electrons. The fourth-order valence-corrected chi connectivity index (χ4v) is 7.21. The van der Waals surface area contributed by atoms with Crippen molar-refractivity contribution in [3.8, 4) is 0 Å². The summed E-state index contributed by atoms with van der Waals surface area (Å²) in [5, 5.41) is 14.5. The largest absolute Gasteiger partial charge is 0.392 e. The van der Waals surface area contributed by atoms with Gasteiger partial charge in [0.25, 0.3) is 0 Å². The first-order valence-corrected chi connectivity index (χ1v) is 13.1. The second-order valence-electron chi connectivity index (χ2n) is 9.23. The SMILES string of the molecule is CCCCC1(CC)CS(=O)(=O)c2ccc(N(C)C)cc2C(c2cccc(NC(N)=O)c2)C1O. The predicted molar refractivity (Wildman–Crippen MR) is 133 cm³/mol. The molecule has 0 aromatic heterocycles. The molecule has 0 saturated carbocycles. The van der Waals surface area contributed by atoms with E-state index in [9.17, 15) is 18.3 Å². The molecule has 3 atom stereocenters. The van der Waals surface area contributed by atoms with Crippen molar-refractivity contribution >= 4 is 27.2 Å². The summed E-state index contributed by atoms with van der Waals surface area (Å²) in [7, 11) is 0.150. The number of urea groups is 1. The maximum Gasteiger partial charge on any atom is 0.316 e. The van der Waals surface area contributed by atoms with Gasteiger partial charge in [-0.25, -0.2) is 13.2 Å². The zero-order chi connectivity index (χ0) is 24.4. The lowest BCUT2D eigenvalue weighted by molar-refractivity contribution is 0.0174. The van der Waals surface area contributed by atoms with Crippen molar-refractivity contribution in [1.29, 1.82) is 0 Å². The zero-order valence-corrected chi connectivity index (χ0v) is 20.7. The summed E-state index contributed by atoms with van der Waals surface area (Å²) in [6.45, 7) is 4.02. The number of sulfone groups is 1. The monoisotopic (exact) mass is 473 g/mol. The van der Waals surface area contributed by atoms with Crippen molar-refractivity contribution in [1.82, 2.24) is 0 Å². The topological polar surface area (TPSA) is 113 Å². The summed E-state index contributed by atoms with van der Waals surface area (Å²) < 4.78 is 27.3. The number of hydrogen-bond donors (Lipinski definition) is 3. The molecule has 0 saturated heterocycles. The summed E-state index contributed by atoms with van der Waals surface area (Å²) >= 11 is 0. The second-order valence-corrected chi connectivity index (χ2v) is 11.2. The molecule has 3 unspecified atom stereocenters. The first-order chi connectivity index (χ1) is 15.5. The molecule has 0 aliphatic carbocycles. The maximum atomic E-state index is 13.6. The third kappa shape index (κ3) is 5.01. The Kier molecular flexibility index (Phi) is 7.39. The third-order valence-electron chi connectivity index (χ3n) is 6.85. The molecule has 0 radical (unpaired) electrons. The number of amides is 2. The van der Waals surface area contributed by atoms with Crippen molar-refractivity contribution in [2.75, 3.05) is 30.1 Å². The molecule has 33 heavy (non-hydrogen) atoms. The molecule has 7 nitrogen and oxygen atoms in total. The van der Waals surface area contributed by atoms with Crippen LogP contribution in [0.5, 0.6) is 0 Å². The smallest absolute Gasteiger partial charge is 0.316 e. The minimum atomic E-state index is -3.64. The Morgan fingerprint density at radius 2 is 1.94 bits per heavy atom. The summed E-state index contributed by atoms with van der Waals surface area (Å²) in [5.41, 5.74) is 7.18. The summed E-state index contributed by atoms with van der Waals surface area (Å²) in [6, 6.07) is 11.8. The Morgan fingerprint density at radius 3 is 2.55 bits per heavy atom. The zero-order valence-electron chi connectivity index (χ0n) is 19.8. The number of rotatable bonds is 7. The van der Waals surface area contributed by atoms with E-state index in [4.69, 9.17) is 5.73 Å². The molecular formula is C25H35N3O4S. The summed E-state index contributed by atoms with van der Waals surface area (Å²) in [5.74, 6) is -0.676. The molecular weight excluding hydrogens is 438 g/mol. The van der Waals surface area contributed by atoms with Crippen LogP contribution < -0.4 is 16.0 Å². The van der Waals surface area contributed by atoms with Gasteiger partial charge in [0.2, 0.25) is 0 Å². The highest BCUT2D eigenvalue weighted by Crippen LogP contribution is 2.49. The minimum absolute atomic E-state index is 0.0955. The molecule has 1 aliphatic rings. The van der Waals surface area contributed by atoms with E-state index < -0.39 is 33.3 Å². The van der Waals surface area contributed by atoms with Gasteiger partial charge in [-0.05, 0) is 54.3 Å². The molecule has 2 amide bonds. The number of nitrogens with two attached hydrogens (primary N) is 1. The molecule has 8 heteroatoms. The van der Waals surface area contributed by atoms with E-state index in [0.717, 1.165) is 24.1 Å². The molecule has 0 bridgehead atoms. The fourth-order valence-electron chi connectivity index (χ4n) is 4.96. The van der Waals surface area contributed by atoms with Crippen LogP contribution >= 0.6 is 0 Å². The van der Waals surface area contributed by atoms with Crippen molar-refractivity contribution < 1.29 is 18.3 Å². The Labute approximate surface area is 196 Å². The number of carbonyl (C=O) groups excluding carboxylic acids is 1. The number of aliphatic hydroxyl groups excluding tert-OH is 1. The van der Waals surface area contributed by atoms with Gasteiger partial charge in [-0.2, -0.15) is 0 Å². The van der Waals surface area contributed by atoms with Gasteiger partial charge in [-0.1, -0.05) is 38.8 Å². The average Bonchev–Trinajstić information content (AvgIpc) is 2.83. The third-order valence-corrected chi connectivity index (χ3v) is 8.84. The van der Waals surface area contributed by atoms with Gasteiger partial charge in [-0.15, -0.1) is 0 Å². The average molecular weight is 474 g/mol. The van der Waals surface area contributed by atoms with Gasteiger partial charge < -0.3 is 21.1 Å². The number of hydrogen-bond acceptors (Lipinski definition) is 5. The van der Waals surface area contributed by atoms with E-state index in [1.54, 1.807) is 30.3 Å². The lowest BCUT2D eigenvalue weighted by Gasteiger charge is -2.39. The highest BCUT2D eigenvalue weighted by atomic mass is 32.2. The van der Waals surface area contributed by atoms with E-state index in [0.29, 0.717) is 24.1 Å². The number of carbonyl (C=O) groups is 1. The quantitative estimate of drug-likeness (QED) is 0.560. The van der Waals surface area contributed by atoms with Crippen LogP contribution in [0.3, 0.4) is 0 Å². The van der Waals surface area contributed by atoms with Crippen LogP contribution in [0.1, 0.15) is 56.6 Å². The molecule has 2 aromatic carbocycles.